The Morgan fingerprint density at radius 2 is 0.615 bits per heavy atom. The Hall–Kier alpha value is -2.53. The zero-order valence-corrected chi connectivity index (χ0v) is 31.6. The summed E-state index contributed by atoms with van der Waals surface area (Å²) in [5, 5.41) is -4.88. The molecular formula is C22H7F34NaO7S. The normalized spacial score (nSPS) is 18.0. The first-order valence-corrected chi connectivity index (χ1v) is 15.3. The molecule has 0 amide bonds. The van der Waals surface area contributed by atoms with Gasteiger partial charge in [0.25, 0.3) is 0 Å². The van der Waals surface area contributed by atoms with Gasteiger partial charge in [-0.3, -0.25) is 9.59 Å². The molecule has 0 aromatic carbocycles. The maximum Gasteiger partial charge on any atom is 1.00 e. The summed E-state index contributed by atoms with van der Waals surface area (Å²) in [7, 11) is -7.41. The molecule has 0 aliphatic rings. The van der Waals surface area contributed by atoms with Gasteiger partial charge >= 0.3 is 137 Å². The van der Waals surface area contributed by atoms with E-state index in [1.165, 1.54) is 0 Å². The van der Waals surface area contributed by atoms with Crippen LogP contribution in [0.25, 0.3) is 0 Å². The standard InChI is InChI=1S/C22H8F34O7S.Na/c23-7(24,11(27,21(51,52)53)13(29,30)9(15(33,34)35,16(36,37)38)17(39,40)41)2-62-5(57)1-4(64(59,60)61)6(58)63-3-8(25,26)12(28,22(54,55)56)14(31,32)10(18(42,43)44,19(45,46)47)20(48,49)50;/h4H,1-3H2,(H,59,60,61);/q;+1/p-1. The molecule has 7 nitrogen and oxygen atoms in total. The van der Waals surface area contributed by atoms with Gasteiger partial charge in [0.05, 0.1) is 6.42 Å². The van der Waals surface area contributed by atoms with E-state index in [2.05, 4.69) is 9.47 Å². The first-order valence-electron chi connectivity index (χ1n) is 13.8. The van der Waals surface area contributed by atoms with Crippen LogP contribution in [0.3, 0.4) is 0 Å². The summed E-state index contributed by atoms with van der Waals surface area (Å²) in [5.41, 5.74) is -37.9. The molecule has 382 valence electrons. The molecule has 0 spiro atoms. The van der Waals surface area contributed by atoms with Crippen molar-refractivity contribution in [3.63, 3.8) is 0 Å². The zero-order chi connectivity index (χ0) is 52.8. The smallest absolute Gasteiger partial charge is 0.747 e. The molecule has 3 unspecified atom stereocenters. The minimum atomic E-state index is -9.79. The molecule has 43 heteroatoms. The van der Waals surface area contributed by atoms with Gasteiger partial charge in [-0.05, 0) is 0 Å². The largest absolute Gasteiger partial charge is 1.00 e. The number of halogens is 34. The van der Waals surface area contributed by atoms with Gasteiger partial charge in [-0.15, -0.1) is 0 Å². The van der Waals surface area contributed by atoms with Crippen LogP contribution in [0.4, 0.5) is 149 Å². The van der Waals surface area contributed by atoms with Gasteiger partial charge in [-0.25, -0.2) is 34.8 Å². The molecule has 0 aromatic rings. The number of carbonyl (C=O) groups excluding carboxylic acids is 2. The minimum absolute atomic E-state index is 0. The first-order chi connectivity index (χ1) is 27.1. The van der Waals surface area contributed by atoms with Crippen molar-refractivity contribution in [2.75, 3.05) is 13.2 Å². The summed E-state index contributed by atoms with van der Waals surface area (Å²) < 4.78 is 500. The molecule has 0 heterocycles. The summed E-state index contributed by atoms with van der Waals surface area (Å²) in [6.07, 6.45) is -75.9. The van der Waals surface area contributed by atoms with E-state index >= 15 is 0 Å². The minimum Gasteiger partial charge on any atom is -0.747 e. The zero-order valence-electron chi connectivity index (χ0n) is 28.8. The van der Waals surface area contributed by atoms with E-state index in [1.807, 2.05) is 0 Å². The Labute approximate surface area is 353 Å². The maximum absolute atomic E-state index is 14.8. The van der Waals surface area contributed by atoms with Crippen LogP contribution in [0.5, 0.6) is 0 Å². The Morgan fingerprint density at radius 3 is 0.800 bits per heavy atom. The molecule has 0 N–H and O–H groups in total. The predicted molar refractivity (Wildman–Crippen MR) is 121 cm³/mol. The van der Waals surface area contributed by atoms with Crippen LogP contribution in [0.1, 0.15) is 6.42 Å². The third-order valence-electron chi connectivity index (χ3n) is 7.92. The van der Waals surface area contributed by atoms with Gasteiger partial charge in [-0.2, -0.15) is 123 Å². The number of hydrogen-bond acceptors (Lipinski definition) is 7. The van der Waals surface area contributed by atoms with E-state index in [-0.39, 0.29) is 29.6 Å². The van der Waals surface area contributed by atoms with Crippen LogP contribution in [0, 0.1) is 10.8 Å². The molecule has 3 atom stereocenters. The topological polar surface area (TPSA) is 110 Å². The van der Waals surface area contributed by atoms with Crippen LogP contribution in [-0.2, 0) is 29.2 Å². The van der Waals surface area contributed by atoms with Crippen LogP contribution in [0.2, 0.25) is 0 Å². The SMILES string of the molecule is O=C(CC(C(=O)OCC(F)(F)C(F)(C(F)(F)F)C(F)(F)C(C(F)(F)F)(C(F)(F)F)C(F)(F)F)S(=O)(=O)[O-])OCC(F)(F)C(F)(C(F)(F)F)C(F)(F)C(C(F)(F)F)(C(F)(F)F)C(F)(F)F.[Na+]. The van der Waals surface area contributed by atoms with E-state index in [1.54, 1.807) is 0 Å². The number of ether oxygens (including phenoxy) is 2. The molecule has 0 saturated heterocycles. The van der Waals surface area contributed by atoms with Crippen molar-refractivity contribution in [1.82, 2.24) is 0 Å². The summed E-state index contributed by atoms with van der Waals surface area (Å²) in [6.45, 7) is -9.55. The Kier molecular flexibility index (Phi) is 17.3. The third-order valence-corrected chi connectivity index (χ3v) is 8.98. The van der Waals surface area contributed by atoms with Gasteiger partial charge in [0.15, 0.2) is 18.5 Å². The van der Waals surface area contributed by atoms with Gasteiger partial charge in [-0.1, -0.05) is 0 Å². The quantitative estimate of drug-likeness (QED) is 0.0815. The average molecular weight is 1080 g/mol. The summed E-state index contributed by atoms with van der Waals surface area (Å²) >= 11 is 0. The number of alkyl halides is 34. The average Bonchev–Trinajstić information content (AvgIpc) is 2.94. The van der Waals surface area contributed by atoms with Gasteiger partial charge in [0.1, 0.15) is 10.1 Å². The first kappa shape index (κ1) is 64.6. The molecule has 0 rings (SSSR count). The predicted octanol–water partition coefficient (Wildman–Crippen LogP) is 6.81. The van der Waals surface area contributed by atoms with Crippen molar-refractivity contribution in [3.05, 3.63) is 0 Å². The van der Waals surface area contributed by atoms with Crippen molar-refractivity contribution < 1.29 is 211 Å². The maximum atomic E-state index is 14.8. The monoisotopic (exact) mass is 1080 g/mol. The molecule has 65 heavy (non-hydrogen) atoms. The molecule has 0 radical (unpaired) electrons. The Morgan fingerprint density at radius 1 is 0.400 bits per heavy atom. The number of rotatable bonds is 14. The number of hydrogen-bond donors (Lipinski definition) is 0. The Balaban J connectivity index is 0. The van der Waals surface area contributed by atoms with Crippen LogP contribution in [-0.4, -0.2) is 128 Å². The second-order valence-electron chi connectivity index (χ2n) is 11.8. The van der Waals surface area contributed by atoms with Crippen molar-refractivity contribution in [3.8, 4) is 0 Å². The summed E-state index contributed by atoms with van der Waals surface area (Å²) in [6, 6.07) is 0. The van der Waals surface area contributed by atoms with Crippen molar-refractivity contribution in [1.29, 1.82) is 0 Å². The molecule has 0 fully saturated rings. The van der Waals surface area contributed by atoms with Gasteiger partial charge < -0.3 is 14.0 Å². The van der Waals surface area contributed by atoms with E-state index in [0.717, 1.165) is 0 Å². The fourth-order valence-corrected chi connectivity index (χ4v) is 5.56. The van der Waals surface area contributed by atoms with E-state index in [4.69, 9.17) is 0 Å². The summed E-state index contributed by atoms with van der Waals surface area (Å²) in [5.74, 6) is -44.1. The van der Waals surface area contributed by atoms with Gasteiger partial charge in [0.2, 0.25) is 0 Å². The van der Waals surface area contributed by atoms with Crippen LogP contribution >= 0.6 is 0 Å². The molecule has 0 saturated carbocycles. The second kappa shape index (κ2) is 17.5. The fraction of sp³-hybridized carbons (Fsp3) is 0.909. The number of carbonyl (C=O) groups is 2. The van der Waals surface area contributed by atoms with Crippen molar-refractivity contribution in [2.45, 2.75) is 96.1 Å². The van der Waals surface area contributed by atoms with Gasteiger partial charge in [0, 0.05) is 0 Å². The van der Waals surface area contributed by atoms with E-state index < -0.39 is 142 Å². The van der Waals surface area contributed by atoms with Crippen LogP contribution in [0.15, 0.2) is 0 Å². The second-order valence-corrected chi connectivity index (χ2v) is 13.4. The summed E-state index contributed by atoms with van der Waals surface area (Å²) in [4.78, 5) is 23.5. The number of esters is 2. The Bertz CT molecular complexity index is 1740. The van der Waals surface area contributed by atoms with Crippen molar-refractivity contribution >= 4 is 22.1 Å². The van der Waals surface area contributed by atoms with E-state index in [0.29, 0.717) is 0 Å². The molecule has 0 bridgehead atoms. The molecule has 0 aliphatic carbocycles. The third kappa shape index (κ3) is 9.73. The molecule has 0 aromatic heterocycles. The molecular weight excluding hydrogens is 1080 g/mol. The fourth-order valence-electron chi connectivity index (χ4n) is 4.92. The molecule has 0 aliphatic heterocycles. The van der Waals surface area contributed by atoms with Crippen LogP contribution < -0.4 is 29.6 Å². The van der Waals surface area contributed by atoms with E-state index in [9.17, 15) is 172 Å². The van der Waals surface area contributed by atoms with Crippen molar-refractivity contribution in [2.24, 2.45) is 10.8 Å².